The summed E-state index contributed by atoms with van der Waals surface area (Å²) >= 11 is 0. The molecule has 1 aromatic heterocycles. The molecule has 132 valence electrons. The molecule has 0 saturated carbocycles. The first-order valence-electron chi connectivity index (χ1n) is 7.32. The number of aryl methyl sites for hydroxylation is 1. The summed E-state index contributed by atoms with van der Waals surface area (Å²) in [6.45, 7) is 4.01. The van der Waals surface area contributed by atoms with Crippen LogP contribution < -0.4 is 5.32 Å². The molecule has 25 heavy (non-hydrogen) atoms. The van der Waals surface area contributed by atoms with Crippen LogP contribution in [0.5, 0.6) is 0 Å². The highest BCUT2D eigenvalue weighted by atomic mass is 19.2. The van der Waals surface area contributed by atoms with Gasteiger partial charge in [-0.3, -0.25) is 9.59 Å². The Hall–Kier alpha value is -3.03. The first kappa shape index (κ1) is 18.3. The van der Waals surface area contributed by atoms with Gasteiger partial charge in [-0.15, -0.1) is 0 Å². The number of nitrogens with one attached hydrogen (secondary N) is 2. The second-order valence-corrected chi connectivity index (χ2v) is 5.43. The average molecular weight is 350 g/mol. The number of benzene rings is 1. The fraction of sp³-hybridized carbons (Fsp3) is 0.235. The lowest BCUT2D eigenvalue weighted by Gasteiger charge is -2.07. The van der Waals surface area contributed by atoms with Crippen molar-refractivity contribution in [1.29, 1.82) is 0 Å². The second kappa shape index (κ2) is 7.25. The number of hydrogen-bond acceptors (Lipinski definition) is 4. The third-order valence-corrected chi connectivity index (χ3v) is 3.53. The number of ether oxygens (including phenoxy) is 1. The quantitative estimate of drug-likeness (QED) is 0.641. The number of carbonyl (C=O) groups is 3. The maximum Gasteiger partial charge on any atom is 0.355 e. The van der Waals surface area contributed by atoms with E-state index in [0.29, 0.717) is 16.8 Å². The zero-order valence-corrected chi connectivity index (χ0v) is 13.8. The van der Waals surface area contributed by atoms with Crippen molar-refractivity contribution in [3.63, 3.8) is 0 Å². The number of H-pyrrole nitrogens is 1. The first-order valence-corrected chi connectivity index (χ1v) is 7.32. The number of hydrogen-bond donors (Lipinski definition) is 2. The van der Waals surface area contributed by atoms with E-state index in [1.54, 1.807) is 13.8 Å². The molecular weight excluding hydrogens is 334 g/mol. The van der Waals surface area contributed by atoms with Gasteiger partial charge in [-0.2, -0.15) is 0 Å². The van der Waals surface area contributed by atoms with Gasteiger partial charge in [0.25, 0.3) is 5.91 Å². The molecule has 1 aromatic carbocycles. The Morgan fingerprint density at radius 3 is 2.40 bits per heavy atom. The van der Waals surface area contributed by atoms with Gasteiger partial charge in [0.15, 0.2) is 24.0 Å². The zero-order valence-electron chi connectivity index (χ0n) is 13.8. The van der Waals surface area contributed by atoms with Crippen LogP contribution in [-0.2, 0) is 9.53 Å². The smallest absolute Gasteiger partial charge is 0.355 e. The number of aromatic nitrogens is 1. The Morgan fingerprint density at radius 2 is 1.84 bits per heavy atom. The van der Waals surface area contributed by atoms with Crippen molar-refractivity contribution in [2.24, 2.45) is 0 Å². The lowest BCUT2D eigenvalue weighted by Crippen LogP contribution is -2.21. The third kappa shape index (κ3) is 4.09. The van der Waals surface area contributed by atoms with Crippen molar-refractivity contribution in [1.82, 2.24) is 4.98 Å². The normalized spacial score (nSPS) is 10.4. The Morgan fingerprint density at radius 1 is 1.16 bits per heavy atom. The Balaban J connectivity index is 2.00. The molecule has 0 aliphatic rings. The third-order valence-electron chi connectivity index (χ3n) is 3.53. The van der Waals surface area contributed by atoms with E-state index in [1.807, 2.05) is 0 Å². The monoisotopic (exact) mass is 350 g/mol. The molecule has 0 atom stereocenters. The summed E-state index contributed by atoms with van der Waals surface area (Å²) in [5.74, 6) is -3.85. The number of halogens is 2. The summed E-state index contributed by atoms with van der Waals surface area (Å²) in [5.41, 5.74) is 1.49. The summed E-state index contributed by atoms with van der Waals surface area (Å²) < 4.78 is 30.8. The Labute approximate surface area is 142 Å². The van der Waals surface area contributed by atoms with E-state index >= 15 is 0 Å². The van der Waals surface area contributed by atoms with E-state index in [-0.39, 0.29) is 17.2 Å². The average Bonchev–Trinajstić information content (AvgIpc) is 2.83. The molecule has 2 N–H and O–H groups in total. The lowest BCUT2D eigenvalue weighted by atomic mass is 10.1. The molecule has 1 amide bonds. The topological polar surface area (TPSA) is 88.3 Å². The predicted octanol–water partition coefficient (Wildman–Crippen LogP) is 2.91. The van der Waals surface area contributed by atoms with Crippen LogP contribution in [0.3, 0.4) is 0 Å². The number of Topliss-reactive ketones (excluding diaryl/α,β-unsaturated/α-hetero) is 1. The van der Waals surface area contributed by atoms with Gasteiger partial charge < -0.3 is 15.0 Å². The maximum atomic E-state index is 13.1. The summed E-state index contributed by atoms with van der Waals surface area (Å²) in [7, 11) is 0. The van der Waals surface area contributed by atoms with E-state index in [1.165, 1.54) is 13.0 Å². The van der Waals surface area contributed by atoms with Gasteiger partial charge in [-0.1, -0.05) is 0 Å². The number of rotatable bonds is 5. The Bertz CT molecular complexity index is 859. The van der Waals surface area contributed by atoms with Crippen LogP contribution in [0, 0.1) is 25.5 Å². The van der Waals surface area contributed by atoms with E-state index in [9.17, 15) is 23.2 Å². The van der Waals surface area contributed by atoms with Gasteiger partial charge in [-0.25, -0.2) is 13.6 Å². The van der Waals surface area contributed by atoms with Gasteiger partial charge in [0.05, 0.1) is 0 Å². The van der Waals surface area contributed by atoms with Crippen LogP contribution in [0.4, 0.5) is 14.5 Å². The van der Waals surface area contributed by atoms with Crippen LogP contribution in [0.1, 0.15) is 39.0 Å². The summed E-state index contributed by atoms with van der Waals surface area (Å²) in [6, 6.07) is 2.85. The van der Waals surface area contributed by atoms with Crippen LogP contribution in [0.2, 0.25) is 0 Å². The van der Waals surface area contributed by atoms with E-state index in [0.717, 1.165) is 12.1 Å². The van der Waals surface area contributed by atoms with Crippen LogP contribution in [-0.4, -0.2) is 29.3 Å². The molecule has 8 heteroatoms. The number of anilines is 1. The standard InChI is InChI=1S/C17H16F2N2O4/c1-8-15(10(3)22)9(2)20-16(8)17(24)25-7-14(23)21-11-4-5-12(18)13(19)6-11/h4-6,20H,7H2,1-3H3,(H,21,23). The van der Waals surface area contributed by atoms with Crippen LogP contribution in [0.25, 0.3) is 0 Å². The first-order chi connectivity index (χ1) is 11.7. The van der Waals surface area contributed by atoms with Gasteiger partial charge in [0, 0.05) is 23.0 Å². The van der Waals surface area contributed by atoms with E-state index in [4.69, 9.17) is 4.74 Å². The molecule has 0 radical (unpaired) electrons. The molecule has 0 spiro atoms. The molecule has 0 unspecified atom stereocenters. The van der Waals surface area contributed by atoms with E-state index < -0.39 is 30.1 Å². The van der Waals surface area contributed by atoms with E-state index in [2.05, 4.69) is 10.3 Å². The minimum absolute atomic E-state index is 0.0331. The summed E-state index contributed by atoms with van der Waals surface area (Å²) in [4.78, 5) is 38.1. The SMILES string of the molecule is CC(=O)c1c(C)[nH]c(C(=O)OCC(=O)Nc2ccc(F)c(F)c2)c1C. The molecule has 0 saturated heterocycles. The number of aromatic amines is 1. The number of carbonyl (C=O) groups excluding carboxylic acids is 3. The minimum atomic E-state index is -1.11. The largest absolute Gasteiger partial charge is 0.451 e. The van der Waals surface area contributed by atoms with Gasteiger partial charge in [-0.05, 0) is 38.5 Å². The van der Waals surface area contributed by atoms with Gasteiger partial charge in [0.1, 0.15) is 5.69 Å². The molecular formula is C17H16F2N2O4. The lowest BCUT2D eigenvalue weighted by molar-refractivity contribution is -0.119. The molecule has 2 aromatic rings. The highest BCUT2D eigenvalue weighted by molar-refractivity contribution is 6.01. The van der Waals surface area contributed by atoms with Crippen molar-refractivity contribution < 1.29 is 27.9 Å². The Kier molecular flexibility index (Phi) is 5.31. The fourth-order valence-corrected chi connectivity index (χ4v) is 2.46. The second-order valence-electron chi connectivity index (χ2n) is 5.43. The van der Waals surface area contributed by atoms with Crippen molar-refractivity contribution >= 4 is 23.3 Å². The zero-order chi connectivity index (χ0) is 18.7. The van der Waals surface area contributed by atoms with Crippen molar-refractivity contribution in [3.05, 3.63) is 52.3 Å². The molecule has 0 bridgehead atoms. The molecule has 0 aliphatic carbocycles. The van der Waals surface area contributed by atoms with Gasteiger partial charge >= 0.3 is 5.97 Å². The predicted molar refractivity (Wildman–Crippen MR) is 85.5 cm³/mol. The van der Waals surface area contributed by atoms with Gasteiger partial charge in [0.2, 0.25) is 0 Å². The number of esters is 1. The molecule has 0 fully saturated rings. The molecule has 1 heterocycles. The van der Waals surface area contributed by atoms with Crippen molar-refractivity contribution in [2.45, 2.75) is 20.8 Å². The number of ketones is 1. The van der Waals surface area contributed by atoms with Crippen molar-refractivity contribution in [2.75, 3.05) is 11.9 Å². The van der Waals surface area contributed by atoms with Crippen LogP contribution >= 0.6 is 0 Å². The molecule has 2 rings (SSSR count). The minimum Gasteiger partial charge on any atom is -0.451 e. The summed E-state index contributed by atoms with van der Waals surface area (Å²) in [5, 5.41) is 2.28. The maximum absolute atomic E-state index is 13.1. The highest BCUT2D eigenvalue weighted by Crippen LogP contribution is 2.19. The van der Waals surface area contributed by atoms with Crippen LogP contribution in [0.15, 0.2) is 18.2 Å². The summed E-state index contributed by atoms with van der Waals surface area (Å²) in [6.07, 6.45) is 0. The molecule has 0 aliphatic heterocycles. The fourth-order valence-electron chi connectivity index (χ4n) is 2.46. The molecule has 6 nitrogen and oxygen atoms in total. The highest BCUT2D eigenvalue weighted by Gasteiger charge is 2.21. The van der Waals surface area contributed by atoms with Crippen molar-refractivity contribution in [3.8, 4) is 0 Å². The number of amides is 1.